The highest BCUT2D eigenvalue weighted by Gasteiger charge is 2.71. The van der Waals surface area contributed by atoms with Crippen LogP contribution in [0.25, 0.3) is 0 Å². The Labute approximate surface area is 263 Å². The third kappa shape index (κ3) is 4.96. The van der Waals surface area contributed by atoms with Crippen molar-refractivity contribution in [3.63, 3.8) is 0 Å². The van der Waals surface area contributed by atoms with Crippen LogP contribution in [-0.2, 0) is 28.7 Å². The number of hydrogen-bond acceptors (Lipinski definition) is 8. The van der Waals surface area contributed by atoms with Gasteiger partial charge in [0.1, 0.15) is 6.61 Å². The summed E-state index contributed by atoms with van der Waals surface area (Å²) in [6, 6.07) is 0. The Morgan fingerprint density at radius 1 is 0.818 bits per heavy atom. The molecule has 5 aliphatic carbocycles. The fraction of sp³-hybridized carbons (Fsp3) is 0.833. The van der Waals surface area contributed by atoms with Gasteiger partial charge < -0.3 is 19.4 Å². The predicted octanol–water partition coefficient (Wildman–Crippen LogP) is 6.64. The Morgan fingerprint density at radius 3 is 2.14 bits per heavy atom. The number of nitrogens with zero attached hydrogens (tertiary/aromatic N) is 1. The van der Waals surface area contributed by atoms with Crippen molar-refractivity contribution >= 4 is 23.6 Å². The topological polar surface area (TPSA) is 111 Å². The molecule has 8 nitrogen and oxygen atoms in total. The molecule has 0 heterocycles. The molecule has 10 atom stereocenters. The van der Waals surface area contributed by atoms with Crippen LogP contribution in [0, 0.1) is 56.7 Å². The Bertz CT molecular complexity index is 1230. The molecule has 8 heteroatoms. The number of fused-ring (bicyclic) bond motifs is 7. The van der Waals surface area contributed by atoms with Gasteiger partial charge in [-0.25, -0.2) is 4.79 Å². The molecule has 5 fully saturated rings. The molecule has 0 amide bonds. The van der Waals surface area contributed by atoms with Crippen LogP contribution in [0.4, 0.5) is 0 Å². The average molecular weight is 614 g/mol. The van der Waals surface area contributed by atoms with E-state index < -0.39 is 11.4 Å². The number of carbonyl (C=O) groups is 3. The molecule has 246 valence electrons. The van der Waals surface area contributed by atoms with Gasteiger partial charge >= 0.3 is 17.9 Å². The summed E-state index contributed by atoms with van der Waals surface area (Å²) in [5.74, 6) is 0.776. The zero-order valence-electron chi connectivity index (χ0n) is 28.1. The first-order valence-corrected chi connectivity index (χ1v) is 16.9. The molecule has 0 spiro atoms. The van der Waals surface area contributed by atoms with Crippen molar-refractivity contribution in [2.45, 2.75) is 113 Å². The van der Waals surface area contributed by atoms with Crippen LogP contribution in [0.2, 0.25) is 0 Å². The third-order valence-corrected chi connectivity index (χ3v) is 14.4. The number of oxime groups is 1. The minimum absolute atomic E-state index is 0.00116. The average Bonchev–Trinajstić information content (AvgIpc) is 3.34. The van der Waals surface area contributed by atoms with Crippen LogP contribution in [-0.4, -0.2) is 48.5 Å². The van der Waals surface area contributed by atoms with Crippen molar-refractivity contribution < 1.29 is 33.8 Å². The first-order chi connectivity index (χ1) is 20.6. The molecule has 1 N–H and O–H groups in total. The molecule has 0 aromatic carbocycles. The SMILES string of the molecule is C=C(CO)[C@@H]1CC[C@]2(COC(C)=O)CC[C@]3(C)[C@H](CC[C@@H]4[C@@]5(C)CCC(=NOC(C)=O)[C@@](C)(COC(C)=O)[C@@H]5CC[C@]43C)[C@@H]12. The quantitative estimate of drug-likeness (QED) is 0.148. The number of rotatable bonds is 7. The molecule has 0 aromatic heterocycles. The van der Waals surface area contributed by atoms with Gasteiger partial charge in [-0.2, -0.15) is 0 Å². The zero-order chi connectivity index (χ0) is 32.3. The van der Waals surface area contributed by atoms with Crippen molar-refractivity contribution in [2.75, 3.05) is 19.8 Å². The van der Waals surface area contributed by atoms with E-state index in [0.717, 1.165) is 69.1 Å². The second-order valence-electron chi connectivity index (χ2n) is 16.1. The third-order valence-electron chi connectivity index (χ3n) is 14.4. The molecule has 0 bridgehead atoms. The maximum Gasteiger partial charge on any atom is 0.331 e. The van der Waals surface area contributed by atoms with Crippen LogP contribution >= 0.6 is 0 Å². The Balaban J connectivity index is 1.52. The lowest BCUT2D eigenvalue weighted by Crippen LogP contribution is -2.67. The standard InChI is InChI=1S/C36H55NO7/c1-22(19-38)26-11-16-36(21-43-24(3)40)18-17-34(7)27(31(26)36)9-10-29-32(5)14-13-30(37-44-25(4)41)33(6,20-42-23(2)39)28(32)12-15-35(29,34)8/h26-29,31,38H,1,9-21H2,2-8H3/t26-,27+,28+,29+,31+,32-,33-,34+,35+,36+/m0/s1. The number of aliphatic hydroxyl groups is 1. The molecular weight excluding hydrogens is 558 g/mol. The van der Waals surface area contributed by atoms with Crippen molar-refractivity contribution in [3.05, 3.63) is 12.2 Å². The summed E-state index contributed by atoms with van der Waals surface area (Å²) in [4.78, 5) is 40.9. The van der Waals surface area contributed by atoms with Gasteiger partial charge in [0.05, 0.1) is 18.9 Å². The molecule has 0 aliphatic heterocycles. The summed E-state index contributed by atoms with van der Waals surface area (Å²) < 4.78 is 11.5. The van der Waals surface area contributed by atoms with E-state index in [1.54, 1.807) is 0 Å². The van der Waals surface area contributed by atoms with E-state index >= 15 is 0 Å². The molecular formula is C36H55NO7. The largest absolute Gasteiger partial charge is 0.465 e. The zero-order valence-corrected chi connectivity index (χ0v) is 28.1. The molecule has 0 radical (unpaired) electrons. The number of carbonyl (C=O) groups excluding carboxylic acids is 3. The van der Waals surface area contributed by atoms with Crippen LogP contribution < -0.4 is 0 Å². The fourth-order valence-electron chi connectivity index (χ4n) is 12.1. The van der Waals surface area contributed by atoms with Gasteiger partial charge in [0.25, 0.3) is 0 Å². The molecule has 5 rings (SSSR count). The molecule has 0 aromatic rings. The lowest BCUT2D eigenvalue weighted by molar-refractivity contribution is -0.234. The van der Waals surface area contributed by atoms with Crippen molar-refractivity contribution in [2.24, 2.45) is 61.8 Å². The fourth-order valence-corrected chi connectivity index (χ4v) is 12.1. The highest BCUT2D eigenvalue weighted by molar-refractivity contribution is 5.91. The van der Waals surface area contributed by atoms with Crippen LogP contribution in [0.1, 0.15) is 113 Å². The van der Waals surface area contributed by atoms with E-state index in [4.69, 9.17) is 14.3 Å². The normalized spacial score (nSPS) is 45.3. The maximum absolute atomic E-state index is 12.0. The lowest BCUT2D eigenvalue weighted by atomic mass is 9.32. The maximum atomic E-state index is 12.0. The first kappa shape index (κ1) is 33.2. The number of hydrogen-bond donors (Lipinski definition) is 1. The summed E-state index contributed by atoms with van der Waals surface area (Å²) >= 11 is 0. The second kappa shape index (κ2) is 11.5. The molecule has 44 heavy (non-hydrogen) atoms. The molecule has 5 saturated carbocycles. The Hall–Kier alpha value is -2.22. The van der Waals surface area contributed by atoms with Crippen LogP contribution in [0.3, 0.4) is 0 Å². The smallest absolute Gasteiger partial charge is 0.331 e. The Kier molecular flexibility index (Phi) is 8.69. The first-order valence-electron chi connectivity index (χ1n) is 16.9. The van der Waals surface area contributed by atoms with Gasteiger partial charge in [-0.3, -0.25) is 9.59 Å². The minimum Gasteiger partial charge on any atom is -0.465 e. The van der Waals surface area contributed by atoms with E-state index in [9.17, 15) is 19.5 Å². The van der Waals surface area contributed by atoms with Gasteiger partial charge in [-0.05, 0) is 116 Å². The highest BCUT2D eigenvalue weighted by Crippen LogP contribution is 2.77. The van der Waals surface area contributed by atoms with Gasteiger partial charge in [0, 0.05) is 31.6 Å². The van der Waals surface area contributed by atoms with Gasteiger partial charge in [-0.15, -0.1) is 0 Å². The van der Waals surface area contributed by atoms with Crippen molar-refractivity contribution in [3.8, 4) is 0 Å². The van der Waals surface area contributed by atoms with E-state index in [1.807, 2.05) is 0 Å². The monoisotopic (exact) mass is 613 g/mol. The predicted molar refractivity (Wildman–Crippen MR) is 167 cm³/mol. The summed E-state index contributed by atoms with van der Waals surface area (Å²) in [6.07, 6.45) is 10.1. The van der Waals surface area contributed by atoms with Gasteiger partial charge in [0.15, 0.2) is 0 Å². The van der Waals surface area contributed by atoms with Gasteiger partial charge in [-0.1, -0.05) is 39.4 Å². The summed E-state index contributed by atoms with van der Waals surface area (Å²) in [5.41, 5.74) is 1.36. The molecule has 0 unspecified atom stereocenters. The summed E-state index contributed by atoms with van der Waals surface area (Å²) in [6.45, 7) is 19.1. The van der Waals surface area contributed by atoms with E-state index in [0.29, 0.717) is 30.8 Å². The molecule has 0 saturated heterocycles. The highest BCUT2D eigenvalue weighted by atomic mass is 16.7. The lowest BCUT2D eigenvalue weighted by Gasteiger charge is -2.72. The van der Waals surface area contributed by atoms with Crippen molar-refractivity contribution in [1.82, 2.24) is 0 Å². The molecule has 5 aliphatic rings. The van der Waals surface area contributed by atoms with Crippen LogP contribution in [0.5, 0.6) is 0 Å². The number of ether oxygens (including phenoxy) is 2. The minimum atomic E-state index is -0.519. The van der Waals surface area contributed by atoms with Gasteiger partial charge in [0.2, 0.25) is 0 Å². The van der Waals surface area contributed by atoms with Crippen LogP contribution in [0.15, 0.2) is 17.3 Å². The van der Waals surface area contributed by atoms with E-state index in [1.165, 1.54) is 20.8 Å². The van der Waals surface area contributed by atoms with E-state index in [2.05, 4.69) is 39.4 Å². The number of aliphatic hydroxyl groups excluding tert-OH is 1. The van der Waals surface area contributed by atoms with Crippen molar-refractivity contribution in [1.29, 1.82) is 0 Å². The summed E-state index contributed by atoms with van der Waals surface area (Å²) in [7, 11) is 0. The summed E-state index contributed by atoms with van der Waals surface area (Å²) in [5, 5.41) is 14.6. The number of esters is 2. The second-order valence-corrected chi connectivity index (χ2v) is 16.1. The Morgan fingerprint density at radius 2 is 1.50 bits per heavy atom. The van der Waals surface area contributed by atoms with E-state index in [-0.39, 0.29) is 58.6 Å².